The molecular formula is C22H28N6. The summed E-state index contributed by atoms with van der Waals surface area (Å²) in [5, 5.41) is 6.68. The smallest absolute Gasteiger partial charge is 0.229 e. The summed E-state index contributed by atoms with van der Waals surface area (Å²) in [4.78, 5) is 15.8. The van der Waals surface area contributed by atoms with Gasteiger partial charge in [0, 0.05) is 42.4 Å². The molecule has 2 aromatic heterocycles. The van der Waals surface area contributed by atoms with Gasteiger partial charge in [-0.15, -0.1) is 0 Å². The van der Waals surface area contributed by atoms with E-state index in [1.807, 2.05) is 31.2 Å². The first-order valence-corrected chi connectivity index (χ1v) is 9.71. The van der Waals surface area contributed by atoms with Crippen LogP contribution in [0, 0.1) is 13.8 Å². The largest absolute Gasteiger partial charge is 0.372 e. The lowest BCUT2D eigenvalue weighted by atomic mass is 10.1. The van der Waals surface area contributed by atoms with Gasteiger partial charge in [0.1, 0.15) is 5.82 Å². The van der Waals surface area contributed by atoms with Gasteiger partial charge in [-0.05, 0) is 63.6 Å². The van der Waals surface area contributed by atoms with E-state index in [1.54, 1.807) is 6.20 Å². The molecule has 2 heterocycles. The maximum Gasteiger partial charge on any atom is 0.229 e. The lowest BCUT2D eigenvalue weighted by Crippen LogP contribution is -2.21. The summed E-state index contributed by atoms with van der Waals surface area (Å²) in [6.07, 6.45) is 1.79. The quantitative estimate of drug-likeness (QED) is 0.594. The van der Waals surface area contributed by atoms with Crippen LogP contribution in [0.15, 0.2) is 48.7 Å². The molecule has 0 aliphatic rings. The molecule has 0 atom stereocenters. The van der Waals surface area contributed by atoms with Crippen molar-refractivity contribution in [1.29, 1.82) is 0 Å². The maximum absolute atomic E-state index is 4.60. The van der Waals surface area contributed by atoms with Gasteiger partial charge in [0.2, 0.25) is 5.95 Å². The molecule has 0 aliphatic carbocycles. The molecule has 28 heavy (non-hydrogen) atoms. The average molecular weight is 377 g/mol. The van der Waals surface area contributed by atoms with Crippen LogP contribution in [0.1, 0.15) is 30.8 Å². The third-order valence-corrected chi connectivity index (χ3v) is 4.62. The SMILES string of the molecule is CCN(CC)c1ccc(Nc2nc(C)cc(NCc3ccccn3)n2)c(C)c1. The van der Waals surface area contributed by atoms with Gasteiger partial charge in [0.05, 0.1) is 12.2 Å². The van der Waals surface area contributed by atoms with Crippen LogP contribution in [0.25, 0.3) is 0 Å². The molecule has 0 unspecified atom stereocenters. The fraction of sp³-hybridized carbons (Fsp3) is 0.318. The number of nitrogens with zero attached hydrogens (tertiary/aromatic N) is 4. The van der Waals surface area contributed by atoms with Crippen LogP contribution in [0.2, 0.25) is 0 Å². The minimum atomic E-state index is 0.585. The molecule has 0 radical (unpaired) electrons. The predicted octanol–water partition coefficient (Wildman–Crippen LogP) is 4.69. The van der Waals surface area contributed by atoms with Gasteiger partial charge in [-0.3, -0.25) is 4.98 Å². The molecule has 0 fully saturated rings. The molecule has 0 amide bonds. The van der Waals surface area contributed by atoms with E-state index in [9.17, 15) is 0 Å². The Bertz CT molecular complexity index is 906. The van der Waals surface area contributed by atoms with Gasteiger partial charge in [-0.2, -0.15) is 4.98 Å². The van der Waals surface area contributed by atoms with E-state index in [-0.39, 0.29) is 0 Å². The van der Waals surface area contributed by atoms with Crippen molar-refractivity contribution in [1.82, 2.24) is 15.0 Å². The summed E-state index contributed by atoms with van der Waals surface area (Å²) in [6, 6.07) is 14.2. The van der Waals surface area contributed by atoms with Crippen molar-refractivity contribution in [2.45, 2.75) is 34.2 Å². The summed E-state index contributed by atoms with van der Waals surface area (Å²) in [6.45, 7) is 11.0. The number of hydrogen-bond donors (Lipinski definition) is 2. The number of pyridine rings is 1. The fourth-order valence-corrected chi connectivity index (χ4v) is 3.09. The lowest BCUT2D eigenvalue weighted by Gasteiger charge is -2.22. The minimum Gasteiger partial charge on any atom is -0.372 e. The number of aryl methyl sites for hydroxylation is 2. The van der Waals surface area contributed by atoms with E-state index >= 15 is 0 Å². The second-order valence-corrected chi connectivity index (χ2v) is 6.69. The number of nitrogens with one attached hydrogen (secondary N) is 2. The molecule has 0 bridgehead atoms. The van der Waals surface area contributed by atoms with Gasteiger partial charge in [-0.1, -0.05) is 6.07 Å². The van der Waals surface area contributed by atoms with Crippen LogP contribution in [-0.4, -0.2) is 28.0 Å². The van der Waals surface area contributed by atoms with Gasteiger partial charge in [0.15, 0.2) is 0 Å². The van der Waals surface area contributed by atoms with E-state index in [0.29, 0.717) is 12.5 Å². The van der Waals surface area contributed by atoms with Crippen LogP contribution in [0.5, 0.6) is 0 Å². The van der Waals surface area contributed by atoms with Crippen molar-refractivity contribution in [3.8, 4) is 0 Å². The van der Waals surface area contributed by atoms with Crippen molar-refractivity contribution >= 4 is 23.1 Å². The summed E-state index contributed by atoms with van der Waals surface area (Å²) in [7, 11) is 0. The normalized spacial score (nSPS) is 10.6. The molecule has 146 valence electrons. The number of aromatic nitrogens is 3. The highest BCUT2D eigenvalue weighted by molar-refractivity contribution is 5.64. The number of anilines is 4. The molecular weight excluding hydrogens is 348 g/mol. The molecule has 2 N–H and O–H groups in total. The highest BCUT2D eigenvalue weighted by Crippen LogP contribution is 2.25. The molecule has 0 aliphatic heterocycles. The highest BCUT2D eigenvalue weighted by Gasteiger charge is 2.08. The van der Waals surface area contributed by atoms with Crippen LogP contribution < -0.4 is 15.5 Å². The number of rotatable bonds is 8. The predicted molar refractivity (Wildman–Crippen MR) is 116 cm³/mol. The second kappa shape index (κ2) is 9.17. The Morgan fingerprint density at radius 2 is 1.79 bits per heavy atom. The van der Waals surface area contributed by atoms with E-state index in [2.05, 4.69) is 69.5 Å². The standard InChI is InChI=1S/C22H28N6/c1-5-28(6-2)19-10-11-20(16(3)13-19)26-22-25-17(4)14-21(27-22)24-15-18-9-7-8-12-23-18/h7-14H,5-6,15H2,1-4H3,(H2,24,25,26,27). The Kier molecular flexibility index (Phi) is 6.42. The average Bonchev–Trinajstić information content (AvgIpc) is 2.70. The Balaban J connectivity index is 1.74. The van der Waals surface area contributed by atoms with Crippen LogP contribution in [-0.2, 0) is 6.54 Å². The van der Waals surface area contributed by atoms with E-state index in [0.717, 1.165) is 41.5 Å². The van der Waals surface area contributed by atoms with Crippen LogP contribution in [0.4, 0.5) is 23.1 Å². The van der Waals surface area contributed by atoms with Crippen molar-refractivity contribution in [2.24, 2.45) is 0 Å². The van der Waals surface area contributed by atoms with E-state index < -0.39 is 0 Å². The molecule has 6 heteroatoms. The first-order chi connectivity index (χ1) is 13.6. The Hall–Kier alpha value is -3.15. The van der Waals surface area contributed by atoms with Gasteiger partial charge < -0.3 is 15.5 Å². The molecule has 3 aromatic rings. The zero-order valence-electron chi connectivity index (χ0n) is 17.0. The fourth-order valence-electron chi connectivity index (χ4n) is 3.09. The molecule has 1 aromatic carbocycles. The van der Waals surface area contributed by atoms with Crippen LogP contribution >= 0.6 is 0 Å². The number of benzene rings is 1. The molecule has 3 rings (SSSR count). The first kappa shape index (κ1) is 19.6. The Labute approximate surface area is 167 Å². The zero-order valence-corrected chi connectivity index (χ0v) is 17.0. The topological polar surface area (TPSA) is 66.0 Å². The number of hydrogen-bond acceptors (Lipinski definition) is 6. The van der Waals surface area contributed by atoms with Gasteiger partial charge in [-0.25, -0.2) is 4.98 Å². The summed E-state index contributed by atoms with van der Waals surface area (Å²) in [5.41, 5.74) is 5.28. The van der Waals surface area contributed by atoms with Gasteiger partial charge >= 0.3 is 0 Å². The van der Waals surface area contributed by atoms with Crippen molar-refractivity contribution < 1.29 is 0 Å². The molecule has 0 spiro atoms. The van der Waals surface area contributed by atoms with E-state index in [1.165, 1.54) is 5.69 Å². The molecule has 6 nitrogen and oxygen atoms in total. The van der Waals surface area contributed by atoms with Crippen molar-refractivity contribution in [3.63, 3.8) is 0 Å². The first-order valence-electron chi connectivity index (χ1n) is 9.71. The third-order valence-electron chi connectivity index (χ3n) is 4.62. The summed E-state index contributed by atoms with van der Waals surface area (Å²) < 4.78 is 0. The van der Waals surface area contributed by atoms with Crippen molar-refractivity contribution in [3.05, 3.63) is 65.6 Å². The Morgan fingerprint density at radius 1 is 0.964 bits per heavy atom. The monoisotopic (exact) mass is 376 g/mol. The highest BCUT2D eigenvalue weighted by atomic mass is 15.1. The molecule has 0 saturated carbocycles. The summed E-state index contributed by atoms with van der Waals surface area (Å²) >= 11 is 0. The third kappa shape index (κ3) is 4.97. The maximum atomic E-state index is 4.60. The lowest BCUT2D eigenvalue weighted by molar-refractivity contribution is 0.866. The Morgan fingerprint density at radius 3 is 2.46 bits per heavy atom. The summed E-state index contributed by atoms with van der Waals surface area (Å²) in [5.74, 6) is 1.36. The van der Waals surface area contributed by atoms with Crippen molar-refractivity contribution in [2.75, 3.05) is 28.6 Å². The van der Waals surface area contributed by atoms with E-state index in [4.69, 9.17) is 0 Å². The van der Waals surface area contributed by atoms with Gasteiger partial charge in [0.25, 0.3) is 0 Å². The minimum absolute atomic E-state index is 0.585. The second-order valence-electron chi connectivity index (χ2n) is 6.69. The molecule has 0 saturated heterocycles. The van der Waals surface area contributed by atoms with Crippen LogP contribution in [0.3, 0.4) is 0 Å². The zero-order chi connectivity index (χ0) is 19.9.